The van der Waals surface area contributed by atoms with Crippen molar-refractivity contribution in [2.45, 2.75) is 60.2 Å². The van der Waals surface area contributed by atoms with E-state index in [-0.39, 0.29) is 24.2 Å². The van der Waals surface area contributed by atoms with Crippen LogP contribution in [-0.4, -0.2) is 23.8 Å². The molecule has 0 aliphatic rings. The van der Waals surface area contributed by atoms with Gasteiger partial charge in [0.15, 0.2) is 0 Å². The van der Waals surface area contributed by atoms with Crippen LogP contribution in [0.25, 0.3) is 0 Å². The van der Waals surface area contributed by atoms with Crippen LogP contribution in [0.4, 0.5) is 0 Å². The van der Waals surface area contributed by atoms with E-state index in [4.69, 9.17) is 4.74 Å². The van der Waals surface area contributed by atoms with Gasteiger partial charge in [-0.1, -0.05) is 76.2 Å². The van der Waals surface area contributed by atoms with Crippen LogP contribution < -0.4 is 17.1 Å². The first-order valence-electron chi connectivity index (χ1n) is 10.3. The minimum Gasteiger partial charge on any atom is -1.00 e. The second kappa shape index (κ2) is 10.3. The third-order valence-corrected chi connectivity index (χ3v) is 5.72. The number of halogens is 1. The largest absolute Gasteiger partial charge is 1.00 e. The molecule has 2 nitrogen and oxygen atoms in total. The molecule has 1 unspecified atom stereocenters. The highest BCUT2D eigenvalue weighted by Crippen LogP contribution is 2.40. The lowest BCUT2D eigenvalue weighted by atomic mass is 9.86. The lowest BCUT2D eigenvalue weighted by molar-refractivity contribution is -1.02. The molecular formula is C25H38ClNO. The molecule has 0 heterocycles. The second-order valence-electron chi connectivity index (χ2n) is 9.14. The summed E-state index contributed by atoms with van der Waals surface area (Å²) in [6, 6.07) is 21.2. The van der Waals surface area contributed by atoms with Gasteiger partial charge in [0.1, 0.15) is 11.3 Å². The highest BCUT2D eigenvalue weighted by atomic mass is 35.5. The van der Waals surface area contributed by atoms with Gasteiger partial charge in [0.2, 0.25) is 6.23 Å². The molecule has 3 heteroatoms. The molecule has 2 rings (SSSR count). The summed E-state index contributed by atoms with van der Waals surface area (Å²) < 4.78 is 7.47. The minimum atomic E-state index is -0.0655. The summed E-state index contributed by atoms with van der Waals surface area (Å²) in [5.41, 5.74) is 1.30. The van der Waals surface area contributed by atoms with Crippen LogP contribution >= 0.6 is 0 Å². The van der Waals surface area contributed by atoms with Gasteiger partial charge in [-0.05, 0) is 26.0 Å². The Labute approximate surface area is 178 Å². The predicted molar refractivity (Wildman–Crippen MR) is 116 cm³/mol. The van der Waals surface area contributed by atoms with Gasteiger partial charge in [-0.15, -0.1) is 0 Å². The zero-order valence-electron chi connectivity index (χ0n) is 18.7. The molecule has 0 fully saturated rings. The molecule has 0 saturated carbocycles. The molecule has 0 amide bonds. The number of benzene rings is 2. The van der Waals surface area contributed by atoms with Crippen molar-refractivity contribution in [1.82, 2.24) is 0 Å². The fourth-order valence-corrected chi connectivity index (χ4v) is 4.49. The summed E-state index contributed by atoms with van der Waals surface area (Å²) >= 11 is 0. The zero-order valence-corrected chi connectivity index (χ0v) is 19.4. The summed E-state index contributed by atoms with van der Waals surface area (Å²) in [6.45, 7) is 18.5. The van der Waals surface area contributed by atoms with Crippen molar-refractivity contribution in [1.29, 1.82) is 0 Å². The van der Waals surface area contributed by atoms with Crippen molar-refractivity contribution < 1.29 is 21.6 Å². The molecule has 0 spiro atoms. The van der Waals surface area contributed by atoms with E-state index in [1.165, 1.54) is 5.56 Å². The fraction of sp³-hybridized carbons (Fsp3) is 0.520. The average molecular weight is 404 g/mol. The molecule has 0 aliphatic carbocycles. The first-order valence-corrected chi connectivity index (χ1v) is 10.3. The zero-order chi connectivity index (χ0) is 20.1. The Morgan fingerprint density at radius 1 is 0.750 bits per heavy atom. The molecule has 0 aliphatic heterocycles. The number of nitrogens with zero attached hydrogens (tertiary/aromatic N) is 1. The Balaban J connectivity index is 0.00000392. The second-order valence-corrected chi connectivity index (χ2v) is 9.14. The lowest BCUT2D eigenvalue weighted by Crippen LogP contribution is -3.00. The van der Waals surface area contributed by atoms with Gasteiger partial charge in [-0.25, -0.2) is 0 Å². The van der Waals surface area contributed by atoms with Crippen molar-refractivity contribution in [3.63, 3.8) is 0 Å². The van der Waals surface area contributed by atoms with Crippen LogP contribution in [-0.2, 0) is 5.54 Å². The quantitative estimate of drug-likeness (QED) is 0.460. The molecule has 28 heavy (non-hydrogen) atoms. The molecule has 0 radical (unpaired) electrons. The smallest absolute Gasteiger partial charge is 0.231 e. The number of hydrogen-bond acceptors (Lipinski definition) is 1. The van der Waals surface area contributed by atoms with Crippen LogP contribution in [0.3, 0.4) is 0 Å². The third-order valence-electron chi connectivity index (χ3n) is 5.72. The van der Waals surface area contributed by atoms with Crippen molar-refractivity contribution in [3.05, 3.63) is 66.2 Å². The summed E-state index contributed by atoms with van der Waals surface area (Å²) in [5.74, 6) is 2.10. The molecule has 156 valence electrons. The van der Waals surface area contributed by atoms with E-state index < -0.39 is 0 Å². The average Bonchev–Trinajstić information content (AvgIpc) is 2.61. The molecule has 2 aromatic rings. The summed E-state index contributed by atoms with van der Waals surface area (Å²) in [7, 11) is 0. The van der Waals surface area contributed by atoms with Gasteiger partial charge in [-0.2, -0.15) is 0 Å². The van der Waals surface area contributed by atoms with E-state index in [1.54, 1.807) is 0 Å². The number of ether oxygens (including phenoxy) is 1. The predicted octanol–water partition coefficient (Wildman–Crippen LogP) is 3.48. The monoisotopic (exact) mass is 403 g/mol. The molecule has 2 aromatic carbocycles. The molecule has 0 aromatic heterocycles. The van der Waals surface area contributed by atoms with Crippen LogP contribution in [0.15, 0.2) is 60.7 Å². The van der Waals surface area contributed by atoms with Crippen molar-refractivity contribution in [3.8, 4) is 5.75 Å². The maximum absolute atomic E-state index is 6.56. The summed E-state index contributed by atoms with van der Waals surface area (Å²) in [6.07, 6.45) is 0.0485. The van der Waals surface area contributed by atoms with Gasteiger partial charge in [0.25, 0.3) is 0 Å². The first-order chi connectivity index (χ1) is 12.7. The van der Waals surface area contributed by atoms with E-state index in [9.17, 15) is 0 Å². The Hall–Kier alpha value is -1.51. The molecule has 0 N–H and O–H groups in total. The van der Waals surface area contributed by atoms with Crippen molar-refractivity contribution in [2.75, 3.05) is 13.1 Å². The standard InChI is InChI=1S/C25H38NO.ClH/c1-20(2)18-26(19-21(3)4,22(5)27-24-16-12-9-13-17-24)25(6,7)23-14-10-8-11-15-23;/h8-17,20-22H,18-19H2,1-7H3;1H/q+1;/p-1. The van der Waals surface area contributed by atoms with E-state index in [0.29, 0.717) is 11.8 Å². The van der Waals surface area contributed by atoms with E-state index in [2.05, 4.69) is 90.9 Å². The third kappa shape index (κ3) is 5.52. The van der Waals surface area contributed by atoms with Crippen LogP contribution in [0.2, 0.25) is 0 Å². The SMILES string of the molecule is CC(C)C[N+](CC(C)C)(C(C)Oc1ccccc1)C(C)(C)c1ccccc1.[Cl-]. The molecule has 0 bridgehead atoms. The first kappa shape index (κ1) is 24.5. The van der Waals surface area contributed by atoms with Gasteiger partial charge in [0, 0.05) is 24.3 Å². The van der Waals surface area contributed by atoms with E-state index in [0.717, 1.165) is 23.3 Å². The van der Waals surface area contributed by atoms with Gasteiger partial charge < -0.3 is 17.1 Å². The Morgan fingerprint density at radius 3 is 1.61 bits per heavy atom. The molecule has 0 saturated heterocycles. The summed E-state index contributed by atoms with van der Waals surface area (Å²) in [5, 5.41) is 0. The minimum absolute atomic E-state index is 0. The highest BCUT2D eigenvalue weighted by Gasteiger charge is 2.50. The molecular weight excluding hydrogens is 366 g/mol. The van der Waals surface area contributed by atoms with E-state index in [1.807, 2.05) is 18.2 Å². The fourth-order valence-electron chi connectivity index (χ4n) is 4.49. The number of rotatable bonds is 9. The van der Waals surface area contributed by atoms with E-state index >= 15 is 0 Å². The Bertz CT molecular complexity index is 672. The maximum Gasteiger partial charge on any atom is 0.231 e. The van der Waals surface area contributed by atoms with Crippen LogP contribution in [0, 0.1) is 11.8 Å². The number of para-hydroxylation sites is 1. The topological polar surface area (TPSA) is 9.23 Å². The van der Waals surface area contributed by atoms with Crippen molar-refractivity contribution in [2.24, 2.45) is 11.8 Å². The molecule has 1 atom stereocenters. The van der Waals surface area contributed by atoms with Gasteiger partial charge in [-0.3, -0.25) is 4.48 Å². The van der Waals surface area contributed by atoms with Crippen LogP contribution in [0.1, 0.15) is 54.0 Å². The Kier molecular flexibility index (Phi) is 9.04. The van der Waals surface area contributed by atoms with Crippen LogP contribution in [0.5, 0.6) is 5.75 Å². The van der Waals surface area contributed by atoms with Gasteiger partial charge >= 0.3 is 0 Å². The highest BCUT2D eigenvalue weighted by molar-refractivity contribution is 5.22. The normalized spacial score (nSPS) is 13.3. The number of quaternary nitrogens is 1. The number of hydrogen-bond donors (Lipinski definition) is 0. The maximum atomic E-state index is 6.56. The van der Waals surface area contributed by atoms with Crippen molar-refractivity contribution >= 4 is 0 Å². The lowest BCUT2D eigenvalue weighted by Gasteiger charge is -2.55. The Morgan fingerprint density at radius 2 is 1.18 bits per heavy atom. The summed E-state index contributed by atoms with van der Waals surface area (Å²) in [4.78, 5) is 0. The van der Waals surface area contributed by atoms with Gasteiger partial charge in [0.05, 0.1) is 13.1 Å².